The SMILES string of the molecule is CC(=O)OCc1nnc2n1-c1ccc(Cl)cc1C(c1ccccc1Cl)OC2. The van der Waals surface area contributed by atoms with Gasteiger partial charge in [-0.05, 0) is 24.3 Å². The van der Waals surface area contributed by atoms with E-state index in [0.717, 1.165) is 16.8 Å². The topological polar surface area (TPSA) is 66.2 Å². The summed E-state index contributed by atoms with van der Waals surface area (Å²) in [5.74, 6) is 0.727. The van der Waals surface area contributed by atoms with Crippen LogP contribution in [0.1, 0.15) is 35.8 Å². The van der Waals surface area contributed by atoms with E-state index in [0.29, 0.717) is 21.7 Å². The summed E-state index contributed by atoms with van der Waals surface area (Å²) >= 11 is 12.7. The van der Waals surface area contributed by atoms with Crippen LogP contribution in [0.2, 0.25) is 10.0 Å². The van der Waals surface area contributed by atoms with E-state index >= 15 is 0 Å². The average molecular weight is 404 g/mol. The molecule has 1 unspecified atom stereocenters. The van der Waals surface area contributed by atoms with E-state index in [1.165, 1.54) is 6.92 Å². The van der Waals surface area contributed by atoms with Crippen molar-refractivity contribution in [1.29, 1.82) is 0 Å². The van der Waals surface area contributed by atoms with E-state index < -0.39 is 6.10 Å². The van der Waals surface area contributed by atoms with Crippen molar-refractivity contribution in [2.45, 2.75) is 26.2 Å². The molecule has 2 heterocycles. The van der Waals surface area contributed by atoms with E-state index in [4.69, 9.17) is 32.7 Å². The van der Waals surface area contributed by atoms with Crippen molar-refractivity contribution in [3.63, 3.8) is 0 Å². The molecule has 0 saturated heterocycles. The third-order valence-electron chi connectivity index (χ3n) is 4.28. The normalized spacial score (nSPS) is 15.6. The highest BCUT2D eigenvalue weighted by atomic mass is 35.5. The highest BCUT2D eigenvalue weighted by molar-refractivity contribution is 6.31. The van der Waals surface area contributed by atoms with Crippen molar-refractivity contribution in [2.24, 2.45) is 0 Å². The molecule has 1 aliphatic rings. The van der Waals surface area contributed by atoms with Crippen LogP contribution in [0.5, 0.6) is 0 Å². The van der Waals surface area contributed by atoms with Gasteiger partial charge in [0.1, 0.15) is 12.7 Å². The zero-order valence-electron chi connectivity index (χ0n) is 14.4. The number of carbonyl (C=O) groups is 1. The first-order chi connectivity index (χ1) is 13.0. The lowest BCUT2D eigenvalue weighted by Gasteiger charge is -2.20. The minimum atomic E-state index is -0.421. The summed E-state index contributed by atoms with van der Waals surface area (Å²) in [4.78, 5) is 11.2. The molecule has 1 atom stereocenters. The molecule has 0 saturated carbocycles. The van der Waals surface area contributed by atoms with Gasteiger partial charge in [0.15, 0.2) is 18.3 Å². The highest BCUT2D eigenvalue weighted by Crippen LogP contribution is 2.39. The quantitative estimate of drug-likeness (QED) is 0.611. The molecule has 6 nitrogen and oxygen atoms in total. The summed E-state index contributed by atoms with van der Waals surface area (Å²) in [5.41, 5.74) is 2.48. The first kappa shape index (κ1) is 18.0. The maximum atomic E-state index is 11.2. The van der Waals surface area contributed by atoms with Gasteiger partial charge in [0.05, 0.1) is 5.69 Å². The standard InChI is InChI=1S/C19H15Cl2N3O3/c1-11(25)26-9-17-22-23-18-10-27-19(13-4-2-3-5-15(13)21)14-8-12(20)6-7-16(14)24(17)18/h2-8,19H,9-10H2,1H3. The molecule has 1 aliphatic heterocycles. The molecular formula is C19H15Cl2N3O3. The molecular weight excluding hydrogens is 389 g/mol. The Morgan fingerprint density at radius 2 is 2.04 bits per heavy atom. The Bertz CT molecular complexity index is 1020. The van der Waals surface area contributed by atoms with E-state index in [-0.39, 0.29) is 19.2 Å². The molecule has 0 bridgehead atoms. The van der Waals surface area contributed by atoms with Crippen LogP contribution in [-0.4, -0.2) is 20.7 Å². The van der Waals surface area contributed by atoms with Crippen LogP contribution in [0, 0.1) is 0 Å². The second kappa shape index (κ2) is 7.31. The van der Waals surface area contributed by atoms with Crippen LogP contribution < -0.4 is 0 Å². The number of carbonyl (C=O) groups excluding carboxylic acids is 1. The maximum Gasteiger partial charge on any atom is 0.303 e. The smallest absolute Gasteiger partial charge is 0.303 e. The van der Waals surface area contributed by atoms with Gasteiger partial charge in [0, 0.05) is 28.1 Å². The van der Waals surface area contributed by atoms with Crippen molar-refractivity contribution in [3.05, 3.63) is 75.3 Å². The zero-order valence-corrected chi connectivity index (χ0v) is 15.9. The lowest BCUT2D eigenvalue weighted by atomic mass is 9.99. The Morgan fingerprint density at radius 1 is 1.22 bits per heavy atom. The first-order valence-corrected chi connectivity index (χ1v) is 9.02. The molecule has 0 amide bonds. The fourth-order valence-electron chi connectivity index (χ4n) is 3.12. The molecule has 138 valence electrons. The summed E-state index contributed by atoms with van der Waals surface area (Å²) in [5, 5.41) is 9.52. The van der Waals surface area contributed by atoms with Crippen molar-refractivity contribution >= 4 is 29.2 Å². The van der Waals surface area contributed by atoms with Gasteiger partial charge < -0.3 is 9.47 Å². The molecule has 0 N–H and O–H groups in total. The predicted octanol–water partition coefficient (Wildman–Crippen LogP) is 4.26. The van der Waals surface area contributed by atoms with Gasteiger partial charge in [-0.15, -0.1) is 10.2 Å². The third-order valence-corrected chi connectivity index (χ3v) is 4.86. The van der Waals surface area contributed by atoms with Crippen molar-refractivity contribution < 1.29 is 14.3 Å². The minimum Gasteiger partial charge on any atom is -0.458 e. The molecule has 0 fully saturated rings. The Morgan fingerprint density at radius 3 is 2.81 bits per heavy atom. The number of hydrogen-bond donors (Lipinski definition) is 0. The van der Waals surface area contributed by atoms with E-state index in [9.17, 15) is 4.79 Å². The molecule has 27 heavy (non-hydrogen) atoms. The number of benzene rings is 2. The number of nitrogens with zero attached hydrogens (tertiary/aromatic N) is 3. The molecule has 4 rings (SSSR count). The largest absolute Gasteiger partial charge is 0.458 e. The molecule has 0 aliphatic carbocycles. The molecule has 0 spiro atoms. The average Bonchev–Trinajstić information content (AvgIpc) is 2.97. The van der Waals surface area contributed by atoms with E-state index in [1.807, 2.05) is 41.0 Å². The van der Waals surface area contributed by atoms with Gasteiger partial charge in [0.2, 0.25) is 0 Å². The second-order valence-electron chi connectivity index (χ2n) is 6.06. The van der Waals surface area contributed by atoms with Crippen LogP contribution in [0.25, 0.3) is 5.69 Å². The summed E-state index contributed by atoms with van der Waals surface area (Å²) in [6, 6.07) is 13.0. The summed E-state index contributed by atoms with van der Waals surface area (Å²) in [6.07, 6.45) is -0.421. The molecule has 1 aromatic heterocycles. The molecule has 8 heteroatoms. The lowest BCUT2D eigenvalue weighted by molar-refractivity contribution is -0.142. The Hall–Kier alpha value is -2.41. The number of ether oxygens (including phenoxy) is 2. The summed E-state index contributed by atoms with van der Waals surface area (Å²) in [7, 11) is 0. The minimum absolute atomic E-state index is 0.0150. The van der Waals surface area contributed by atoms with Gasteiger partial charge in [-0.2, -0.15) is 0 Å². The van der Waals surface area contributed by atoms with E-state index in [1.54, 1.807) is 6.07 Å². The lowest BCUT2D eigenvalue weighted by Crippen LogP contribution is -2.10. The van der Waals surface area contributed by atoms with Gasteiger partial charge in [-0.1, -0.05) is 41.4 Å². The van der Waals surface area contributed by atoms with Gasteiger partial charge in [0.25, 0.3) is 0 Å². The van der Waals surface area contributed by atoms with Crippen LogP contribution in [-0.2, 0) is 27.5 Å². The number of rotatable bonds is 3. The number of halogens is 2. The second-order valence-corrected chi connectivity index (χ2v) is 6.91. The maximum absolute atomic E-state index is 11.2. The van der Waals surface area contributed by atoms with Gasteiger partial charge >= 0.3 is 5.97 Å². The number of fused-ring (bicyclic) bond motifs is 3. The molecule has 0 radical (unpaired) electrons. The monoisotopic (exact) mass is 403 g/mol. The van der Waals surface area contributed by atoms with Crippen molar-refractivity contribution in [3.8, 4) is 5.69 Å². The van der Waals surface area contributed by atoms with Crippen LogP contribution in [0.3, 0.4) is 0 Å². The number of hydrogen-bond acceptors (Lipinski definition) is 5. The zero-order chi connectivity index (χ0) is 19.0. The highest BCUT2D eigenvalue weighted by Gasteiger charge is 2.29. The Balaban J connectivity index is 1.87. The Labute approximate surface area is 165 Å². The van der Waals surface area contributed by atoms with Crippen LogP contribution >= 0.6 is 23.2 Å². The number of esters is 1. The Kier molecular flexibility index (Phi) is 4.86. The van der Waals surface area contributed by atoms with Crippen molar-refractivity contribution in [1.82, 2.24) is 14.8 Å². The summed E-state index contributed by atoms with van der Waals surface area (Å²) in [6.45, 7) is 1.58. The van der Waals surface area contributed by atoms with E-state index in [2.05, 4.69) is 10.2 Å². The summed E-state index contributed by atoms with van der Waals surface area (Å²) < 4.78 is 13.1. The van der Waals surface area contributed by atoms with Gasteiger partial charge in [-0.3, -0.25) is 9.36 Å². The molecule has 3 aromatic rings. The first-order valence-electron chi connectivity index (χ1n) is 8.27. The van der Waals surface area contributed by atoms with Crippen LogP contribution in [0.15, 0.2) is 42.5 Å². The third kappa shape index (κ3) is 3.43. The fraction of sp³-hybridized carbons (Fsp3) is 0.211. The number of aromatic nitrogens is 3. The van der Waals surface area contributed by atoms with Crippen LogP contribution in [0.4, 0.5) is 0 Å². The molecule has 2 aromatic carbocycles. The van der Waals surface area contributed by atoms with Crippen molar-refractivity contribution in [2.75, 3.05) is 0 Å². The predicted molar refractivity (Wildman–Crippen MR) is 99.9 cm³/mol. The van der Waals surface area contributed by atoms with Gasteiger partial charge in [-0.25, -0.2) is 0 Å². The fourth-order valence-corrected chi connectivity index (χ4v) is 3.53.